The van der Waals surface area contributed by atoms with Crippen molar-refractivity contribution in [1.82, 2.24) is 9.97 Å². The molecule has 12 heteroatoms. The molecule has 3 aromatic rings. The molecule has 1 N–H and O–H groups in total. The minimum Gasteiger partial charge on any atom is -0.493 e. The van der Waals surface area contributed by atoms with Gasteiger partial charge in [-0.3, -0.25) is 0 Å². The minimum absolute atomic E-state index is 0.116. The summed E-state index contributed by atoms with van der Waals surface area (Å²) < 4.78 is 99.6. The van der Waals surface area contributed by atoms with Gasteiger partial charge in [0.15, 0.2) is 0 Å². The van der Waals surface area contributed by atoms with Crippen molar-refractivity contribution in [3.63, 3.8) is 0 Å². The van der Waals surface area contributed by atoms with Crippen LogP contribution >= 0.6 is 0 Å². The number of nitrogens with zero attached hydrogens (tertiary/aromatic N) is 2. The number of sulfonamides is 1. The molecule has 0 unspecified atom stereocenters. The van der Waals surface area contributed by atoms with E-state index in [9.17, 15) is 30.4 Å². The van der Waals surface area contributed by atoms with Crippen molar-refractivity contribution in [2.45, 2.75) is 49.1 Å². The first-order chi connectivity index (χ1) is 16.9. The van der Waals surface area contributed by atoms with Crippen LogP contribution < -0.4 is 9.46 Å². The number of anilines is 1. The number of halogens is 5. The van der Waals surface area contributed by atoms with Gasteiger partial charge >= 0.3 is 6.18 Å². The van der Waals surface area contributed by atoms with Gasteiger partial charge in [0.05, 0.1) is 17.1 Å². The first-order valence-corrected chi connectivity index (χ1v) is 12.4. The predicted octanol–water partition coefficient (Wildman–Crippen LogP) is 5.58. The van der Waals surface area contributed by atoms with Gasteiger partial charge in [0.1, 0.15) is 5.75 Å². The Balaban J connectivity index is 1.75. The molecule has 2 aromatic carbocycles. The lowest BCUT2D eigenvalue weighted by molar-refractivity contribution is -0.137. The highest BCUT2D eigenvalue weighted by Crippen LogP contribution is 2.46. The Hall–Kier alpha value is -3.28. The number of hydrogen-bond acceptors (Lipinski definition) is 5. The Morgan fingerprint density at radius 2 is 1.78 bits per heavy atom. The molecule has 0 aliphatic carbocycles. The van der Waals surface area contributed by atoms with Crippen LogP contribution in [0.3, 0.4) is 0 Å². The van der Waals surface area contributed by atoms with Gasteiger partial charge in [-0.25, -0.2) is 31.9 Å². The molecule has 2 heterocycles. The van der Waals surface area contributed by atoms with Gasteiger partial charge in [0, 0.05) is 35.9 Å². The summed E-state index contributed by atoms with van der Waals surface area (Å²) in [6.45, 7) is 1.94. The fourth-order valence-corrected chi connectivity index (χ4v) is 5.31. The highest BCUT2D eigenvalue weighted by Gasteiger charge is 2.39. The van der Waals surface area contributed by atoms with Crippen molar-refractivity contribution in [1.29, 1.82) is 0 Å². The van der Waals surface area contributed by atoms with Crippen molar-refractivity contribution in [3.05, 3.63) is 77.1 Å². The maximum absolute atomic E-state index is 13.3. The van der Waals surface area contributed by atoms with Gasteiger partial charge in [-0.1, -0.05) is 19.1 Å². The van der Waals surface area contributed by atoms with E-state index in [1.54, 1.807) is 6.92 Å². The summed E-state index contributed by atoms with van der Waals surface area (Å²) in [6.07, 6.45) is -5.00. The van der Waals surface area contributed by atoms with Crippen molar-refractivity contribution < 1.29 is 35.1 Å². The summed E-state index contributed by atoms with van der Waals surface area (Å²) in [7, 11) is -4.06. The van der Waals surface area contributed by atoms with Gasteiger partial charge < -0.3 is 4.74 Å². The van der Waals surface area contributed by atoms with Crippen LogP contribution in [0.1, 0.15) is 42.0 Å². The summed E-state index contributed by atoms with van der Waals surface area (Å²) in [5.41, 5.74) is -0.635. The maximum atomic E-state index is 13.3. The highest BCUT2D eigenvalue weighted by atomic mass is 32.2. The largest absolute Gasteiger partial charge is 0.493 e. The molecular formula is C24H22F5N3O3S. The average Bonchev–Trinajstić information content (AvgIpc) is 2.82. The summed E-state index contributed by atoms with van der Waals surface area (Å²) in [4.78, 5) is 7.55. The third-order valence-electron chi connectivity index (χ3n) is 6.17. The van der Waals surface area contributed by atoms with Crippen LogP contribution in [0.15, 0.2) is 59.8 Å². The molecule has 0 saturated carbocycles. The number of aryl methyl sites for hydroxylation is 1. The topological polar surface area (TPSA) is 81.2 Å². The van der Waals surface area contributed by atoms with Crippen LogP contribution in [0.25, 0.3) is 0 Å². The standard InChI is InChI=1S/C24H22F5N3O3S/c1-23(18-6-4-16(24(27,28)29)13-15(18)3-8-21(25)26)9-12-35-20-14-17(5-7-19(20)23)36(33,34)32-22-30-10-2-11-31-22/h2,4-7,10-11,13-14,21H,3,8-9,12H2,1H3,(H,30,31,32)/t23-/m0/s1. The molecule has 1 aromatic heterocycles. The van der Waals surface area contributed by atoms with Gasteiger partial charge in [-0.15, -0.1) is 0 Å². The van der Waals surface area contributed by atoms with E-state index >= 15 is 0 Å². The minimum atomic E-state index is -4.62. The lowest BCUT2D eigenvalue weighted by Gasteiger charge is -2.38. The van der Waals surface area contributed by atoms with Crippen molar-refractivity contribution in [3.8, 4) is 5.75 Å². The van der Waals surface area contributed by atoms with E-state index in [0.29, 0.717) is 17.5 Å². The number of rotatable bonds is 7. The zero-order chi connectivity index (χ0) is 26.1. The molecule has 0 saturated heterocycles. The molecule has 0 bridgehead atoms. The summed E-state index contributed by atoms with van der Waals surface area (Å²) in [6, 6.07) is 8.90. The normalized spacial score (nSPS) is 18.0. The summed E-state index contributed by atoms with van der Waals surface area (Å²) in [5, 5.41) is 0. The van der Waals surface area contributed by atoms with Crippen molar-refractivity contribution >= 4 is 16.0 Å². The fraction of sp³-hybridized carbons (Fsp3) is 0.333. The van der Waals surface area contributed by atoms with Gasteiger partial charge in [-0.05, 0) is 48.2 Å². The number of ether oxygens (including phenoxy) is 1. The number of hydrogen-bond donors (Lipinski definition) is 1. The van der Waals surface area contributed by atoms with Crippen LogP contribution in [0.5, 0.6) is 5.75 Å². The predicted molar refractivity (Wildman–Crippen MR) is 122 cm³/mol. The van der Waals surface area contributed by atoms with Crippen molar-refractivity contribution in [2.75, 3.05) is 11.3 Å². The second-order valence-electron chi connectivity index (χ2n) is 8.57. The van der Waals surface area contributed by atoms with Crippen LogP contribution in [0, 0.1) is 0 Å². The van der Waals surface area contributed by atoms with E-state index < -0.39 is 40.0 Å². The lowest BCUT2D eigenvalue weighted by atomic mass is 9.70. The fourth-order valence-electron chi connectivity index (χ4n) is 4.34. The van der Waals surface area contributed by atoms with Crippen LogP contribution in [0.4, 0.5) is 27.9 Å². The van der Waals surface area contributed by atoms with Gasteiger partial charge in [0.25, 0.3) is 10.0 Å². The van der Waals surface area contributed by atoms with Crippen LogP contribution in [-0.4, -0.2) is 31.4 Å². The third kappa shape index (κ3) is 5.28. The molecule has 1 aliphatic heterocycles. The molecule has 1 aliphatic rings. The van der Waals surface area contributed by atoms with Crippen molar-refractivity contribution in [2.24, 2.45) is 0 Å². The monoisotopic (exact) mass is 527 g/mol. The SMILES string of the molecule is C[C@@]1(c2ccc(C(F)(F)F)cc2CCC(F)F)CCOc2cc(S(=O)(=O)Nc3ncccn3)ccc21. The van der Waals surface area contributed by atoms with E-state index in [-0.39, 0.29) is 35.2 Å². The number of alkyl halides is 5. The summed E-state index contributed by atoms with van der Waals surface area (Å²) >= 11 is 0. The van der Waals surface area contributed by atoms with Gasteiger partial charge in [-0.2, -0.15) is 13.2 Å². The Bertz CT molecular complexity index is 1350. The molecular weight excluding hydrogens is 505 g/mol. The lowest BCUT2D eigenvalue weighted by Crippen LogP contribution is -2.32. The van der Waals surface area contributed by atoms with Crippen LogP contribution in [0.2, 0.25) is 0 Å². The Kier molecular flexibility index (Phi) is 6.91. The number of fused-ring (bicyclic) bond motifs is 1. The average molecular weight is 528 g/mol. The molecule has 6 nitrogen and oxygen atoms in total. The number of benzene rings is 2. The number of aromatic nitrogens is 2. The highest BCUT2D eigenvalue weighted by molar-refractivity contribution is 7.92. The Labute approximate surface area is 204 Å². The maximum Gasteiger partial charge on any atom is 0.416 e. The molecule has 0 fully saturated rings. The molecule has 0 spiro atoms. The zero-order valence-corrected chi connectivity index (χ0v) is 19.8. The van der Waals surface area contributed by atoms with E-state index in [1.165, 1.54) is 42.7 Å². The smallest absolute Gasteiger partial charge is 0.416 e. The van der Waals surface area contributed by atoms with Crippen LogP contribution in [-0.2, 0) is 28.0 Å². The Morgan fingerprint density at radius 3 is 2.44 bits per heavy atom. The molecule has 192 valence electrons. The molecule has 36 heavy (non-hydrogen) atoms. The zero-order valence-electron chi connectivity index (χ0n) is 19.0. The van der Waals surface area contributed by atoms with E-state index in [4.69, 9.17) is 4.74 Å². The third-order valence-corrected chi connectivity index (χ3v) is 7.49. The second kappa shape index (κ2) is 9.64. The first kappa shape index (κ1) is 25.8. The first-order valence-electron chi connectivity index (χ1n) is 11.0. The van der Waals surface area contributed by atoms with E-state index in [0.717, 1.165) is 12.1 Å². The van der Waals surface area contributed by atoms with E-state index in [2.05, 4.69) is 14.7 Å². The molecule has 1 atom stereocenters. The molecule has 4 rings (SSSR count). The molecule has 0 radical (unpaired) electrons. The number of nitrogens with one attached hydrogen (secondary N) is 1. The van der Waals surface area contributed by atoms with E-state index in [1.807, 2.05) is 0 Å². The Morgan fingerprint density at radius 1 is 1.08 bits per heavy atom. The molecule has 0 amide bonds. The second-order valence-corrected chi connectivity index (χ2v) is 10.2. The summed E-state index contributed by atoms with van der Waals surface area (Å²) in [5.74, 6) is 0.120. The van der Waals surface area contributed by atoms with Gasteiger partial charge in [0.2, 0.25) is 12.4 Å². The quantitative estimate of drug-likeness (QED) is 0.406.